The number of halogens is 1. The lowest BCUT2D eigenvalue weighted by molar-refractivity contribution is -0.126. The summed E-state index contributed by atoms with van der Waals surface area (Å²) in [5, 5.41) is 2.90. The highest BCUT2D eigenvalue weighted by molar-refractivity contribution is 7.89. The standard InChI is InChI=1S/C21H25FN2O4S/c1-16(15-28-19-7-3-2-4-8-19)23-21(25)17-6-5-13-24(14-17)29(26,27)20-11-9-18(22)10-12-20/h2-4,7-12,16-17H,5-6,13-15H2,1H3,(H,23,25). The lowest BCUT2D eigenvalue weighted by Crippen LogP contribution is -2.48. The molecule has 0 aromatic heterocycles. The first-order chi connectivity index (χ1) is 13.9. The molecule has 2 unspecified atom stereocenters. The molecule has 2 aromatic rings. The number of benzene rings is 2. The lowest BCUT2D eigenvalue weighted by Gasteiger charge is -2.31. The van der Waals surface area contributed by atoms with Crippen molar-refractivity contribution in [1.82, 2.24) is 9.62 Å². The van der Waals surface area contributed by atoms with Crippen molar-refractivity contribution in [2.24, 2.45) is 5.92 Å². The van der Waals surface area contributed by atoms with Crippen molar-refractivity contribution >= 4 is 15.9 Å². The Labute approximate surface area is 170 Å². The van der Waals surface area contributed by atoms with Gasteiger partial charge in [-0.15, -0.1) is 0 Å². The smallest absolute Gasteiger partial charge is 0.243 e. The van der Waals surface area contributed by atoms with E-state index in [1.54, 1.807) is 0 Å². The second-order valence-electron chi connectivity index (χ2n) is 7.19. The zero-order chi connectivity index (χ0) is 20.9. The van der Waals surface area contributed by atoms with Crippen LogP contribution in [0.4, 0.5) is 4.39 Å². The molecule has 0 spiro atoms. The molecule has 2 atom stereocenters. The fraction of sp³-hybridized carbons (Fsp3) is 0.381. The van der Waals surface area contributed by atoms with E-state index in [1.165, 1.54) is 16.4 Å². The highest BCUT2D eigenvalue weighted by atomic mass is 32.2. The Morgan fingerprint density at radius 3 is 2.59 bits per heavy atom. The summed E-state index contributed by atoms with van der Waals surface area (Å²) < 4.78 is 45.7. The third-order valence-electron chi connectivity index (χ3n) is 4.84. The van der Waals surface area contributed by atoms with Crippen LogP contribution in [0.1, 0.15) is 19.8 Å². The summed E-state index contributed by atoms with van der Waals surface area (Å²) in [5.41, 5.74) is 0. The molecule has 0 saturated carbocycles. The zero-order valence-electron chi connectivity index (χ0n) is 16.3. The molecule has 0 aliphatic carbocycles. The number of amides is 1. The van der Waals surface area contributed by atoms with Crippen LogP contribution < -0.4 is 10.1 Å². The van der Waals surface area contributed by atoms with Crippen LogP contribution in [-0.2, 0) is 14.8 Å². The van der Waals surface area contributed by atoms with Gasteiger partial charge in [0.05, 0.1) is 16.9 Å². The second-order valence-corrected chi connectivity index (χ2v) is 9.13. The summed E-state index contributed by atoms with van der Waals surface area (Å²) in [5.74, 6) is -0.388. The number of ether oxygens (including phenoxy) is 1. The maximum absolute atomic E-state index is 13.1. The largest absolute Gasteiger partial charge is 0.491 e. The molecule has 1 N–H and O–H groups in total. The first-order valence-electron chi connectivity index (χ1n) is 9.60. The molecule has 1 amide bonds. The van der Waals surface area contributed by atoms with E-state index in [2.05, 4.69) is 5.32 Å². The molecule has 3 rings (SSSR count). The van der Waals surface area contributed by atoms with Gasteiger partial charge in [-0.3, -0.25) is 4.79 Å². The lowest BCUT2D eigenvalue weighted by atomic mass is 9.98. The minimum atomic E-state index is -3.76. The summed E-state index contributed by atoms with van der Waals surface area (Å²) in [6.07, 6.45) is 1.21. The number of hydrogen-bond donors (Lipinski definition) is 1. The molecule has 8 heteroatoms. The van der Waals surface area contributed by atoms with E-state index in [-0.39, 0.29) is 23.4 Å². The van der Waals surface area contributed by atoms with E-state index < -0.39 is 21.8 Å². The van der Waals surface area contributed by atoms with Crippen molar-refractivity contribution in [3.05, 3.63) is 60.4 Å². The van der Waals surface area contributed by atoms with Crippen LogP contribution in [0.2, 0.25) is 0 Å². The summed E-state index contributed by atoms with van der Waals surface area (Å²) >= 11 is 0. The number of nitrogens with one attached hydrogen (secondary N) is 1. The van der Waals surface area contributed by atoms with E-state index in [4.69, 9.17) is 4.74 Å². The fourth-order valence-electron chi connectivity index (χ4n) is 3.27. The highest BCUT2D eigenvalue weighted by Crippen LogP contribution is 2.24. The Bertz CT molecular complexity index is 919. The monoisotopic (exact) mass is 420 g/mol. The number of nitrogens with zero attached hydrogens (tertiary/aromatic N) is 1. The first kappa shape index (κ1) is 21.3. The van der Waals surface area contributed by atoms with Crippen molar-refractivity contribution in [3.63, 3.8) is 0 Å². The molecule has 29 heavy (non-hydrogen) atoms. The van der Waals surface area contributed by atoms with Gasteiger partial charge in [0.25, 0.3) is 0 Å². The van der Waals surface area contributed by atoms with Gasteiger partial charge in [0, 0.05) is 13.1 Å². The van der Waals surface area contributed by atoms with E-state index in [9.17, 15) is 17.6 Å². The summed E-state index contributed by atoms with van der Waals surface area (Å²) in [6, 6.07) is 13.8. The van der Waals surface area contributed by atoms with Crippen LogP contribution >= 0.6 is 0 Å². The molecule has 0 bridgehead atoms. The van der Waals surface area contributed by atoms with E-state index >= 15 is 0 Å². The third-order valence-corrected chi connectivity index (χ3v) is 6.72. The number of rotatable bonds is 7. The van der Waals surface area contributed by atoms with E-state index in [0.717, 1.165) is 17.9 Å². The van der Waals surface area contributed by atoms with Gasteiger partial charge in [-0.2, -0.15) is 4.31 Å². The van der Waals surface area contributed by atoms with Crippen molar-refractivity contribution in [2.75, 3.05) is 19.7 Å². The normalized spacial score (nSPS) is 18.8. The predicted octanol–water partition coefficient (Wildman–Crippen LogP) is 2.81. The molecule has 6 nitrogen and oxygen atoms in total. The number of carbonyl (C=O) groups excluding carboxylic acids is 1. The van der Waals surface area contributed by atoms with Gasteiger partial charge in [0.1, 0.15) is 18.2 Å². The first-order valence-corrected chi connectivity index (χ1v) is 11.0. The number of carbonyl (C=O) groups is 1. The zero-order valence-corrected chi connectivity index (χ0v) is 17.1. The topological polar surface area (TPSA) is 75.7 Å². The molecule has 1 heterocycles. The van der Waals surface area contributed by atoms with Crippen LogP contribution in [0.3, 0.4) is 0 Å². The molecule has 2 aromatic carbocycles. The number of hydrogen-bond acceptors (Lipinski definition) is 4. The molecule has 1 saturated heterocycles. The van der Waals surface area contributed by atoms with Gasteiger partial charge < -0.3 is 10.1 Å². The van der Waals surface area contributed by atoms with Crippen molar-refractivity contribution in [2.45, 2.75) is 30.7 Å². The fourth-order valence-corrected chi connectivity index (χ4v) is 4.79. The van der Waals surface area contributed by atoms with Gasteiger partial charge in [0.15, 0.2) is 0 Å². The average molecular weight is 421 g/mol. The van der Waals surface area contributed by atoms with Gasteiger partial charge in [-0.1, -0.05) is 18.2 Å². The molecule has 1 aliphatic heterocycles. The van der Waals surface area contributed by atoms with Crippen molar-refractivity contribution in [1.29, 1.82) is 0 Å². The Morgan fingerprint density at radius 1 is 1.21 bits per heavy atom. The quantitative estimate of drug-likeness (QED) is 0.747. The molecule has 156 valence electrons. The summed E-state index contributed by atoms with van der Waals surface area (Å²) in [7, 11) is -3.76. The Morgan fingerprint density at radius 2 is 1.90 bits per heavy atom. The van der Waals surface area contributed by atoms with Gasteiger partial charge >= 0.3 is 0 Å². The Kier molecular flexibility index (Phi) is 6.87. The van der Waals surface area contributed by atoms with Crippen LogP contribution in [-0.4, -0.2) is 44.4 Å². The predicted molar refractivity (Wildman–Crippen MR) is 107 cm³/mol. The second kappa shape index (κ2) is 9.37. The molecule has 0 radical (unpaired) electrons. The van der Waals surface area contributed by atoms with Crippen LogP contribution in [0.5, 0.6) is 5.75 Å². The average Bonchev–Trinajstić information content (AvgIpc) is 2.73. The Balaban J connectivity index is 1.56. The van der Waals surface area contributed by atoms with Crippen LogP contribution in [0.25, 0.3) is 0 Å². The number of sulfonamides is 1. The third kappa shape index (κ3) is 5.55. The summed E-state index contributed by atoms with van der Waals surface area (Å²) in [6.45, 7) is 2.62. The van der Waals surface area contributed by atoms with Crippen molar-refractivity contribution in [3.8, 4) is 5.75 Å². The minimum Gasteiger partial charge on any atom is -0.491 e. The SMILES string of the molecule is CC(COc1ccccc1)NC(=O)C1CCCN(S(=O)(=O)c2ccc(F)cc2)C1. The van der Waals surface area contributed by atoms with E-state index in [0.29, 0.717) is 26.0 Å². The van der Waals surface area contributed by atoms with Gasteiger partial charge in [-0.05, 0) is 56.2 Å². The number of para-hydroxylation sites is 1. The summed E-state index contributed by atoms with van der Waals surface area (Å²) in [4.78, 5) is 12.7. The maximum Gasteiger partial charge on any atom is 0.243 e. The molecule has 1 aliphatic rings. The van der Waals surface area contributed by atoms with E-state index in [1.807, 2.05) is 37.3 Å². The maximum atomic E-state index is 13.1. The molecular weight excluding hydrogens is 395 g/mol. The Hall–Kier alpha value is -2.45. The van der Waals surface area contributed by atoms with Crippen molar-refractivity contribution < 1.29 is 22.3 Å². The van der Waals surface area contributed by atoms with Crippen LogP contribution in [0, 0.1) is 11.7 Å². The molecule has 1 fully saturated rings. The molecular formula is C21H25FN2O4S. The van der Waals surface area contributed by atoms with Gasteiger partial charge in [0.2, 0.25) is 15.9 Å². The van der Waals surface area contributed by atoms with Gasteiger partial charge in [-0.25, -0.2) is 12.8 Å². The van der Waals surface area contributed by atoms with Crippen LogP contribution in [0.15, 0.2) is 59.5 Å². The minimum absolute atomic E-state index is 0.0320. The highest BCUT2D eigenvalue weighted by Gasteiger charge is 2.33. The number of piperidine rings is 1.